The van der Waals surface area contributed by atoms with E-state index in [2.05, 4.69) is 0 Å². The van der Waals surface area contributed by atoms with Gasteiger partial charge in [0.25, 0.3) is 0 Å². The molecule has 0 N–H and O–H groups in total. The summed E-state index contributed by atoms with van der Waals surface area (Å²) in [6.45, 7) is 3.59. The third-order valence-corrected chi connectivity index (χ3v) is 3.60. The van der Waals surface area contributed by atoms with Crippen molar-refractivity contribution < 1.29 is 19.1 Å². The normalized spacial score (nSPS) is 22.8. The molecule has 1 aromatic carbocycles. The van der Waals surface area contributed by atoms with Crippen LogP contribution in [0.25, 0.3) is 0 Å². The number of likely N-dealkylation sites (tertiary alicyclic amines) is 1. The molecule has 1 heterocycles. The monoisotopic (exact) mass is 275 g/mol. The van der Waals surface area contributed by atoms with E-state index in [0.29, 0.717) is 4.90 Å². The number of imide groups is 3. The lowest BCUT2D eigenvalue weighted by Crippen LogP contribution is -2.50. The van der Waals surface area contributed by atoms with Crippen molar-refractivity contribution in [3.05, 3.63) is 35.9 Å². The molecule has 5 nitrogen and oxygen atoms in total. The highest BCUT2D eigenvalue weighted by molar-refractivity contribution is 6.11. The van der Waals surface area contributed by atoms with Crippen LogP contribution in [-0.2, 0) is 20.9 Å². The highest BCUT2D eigenvalue weighted by atomic mass is 16.6. The summed E-state index contributed by atoms with van der Waals surface area (Å²) in [6, 6.07) is 9.11. The molecule has 1 aliphatic rings. The Labute approximate surface area is 117 Å². The van der Waals surface area contributed by atoms with Gasteiger partial charge in [-0.3, -0.25) is 9.59 Å². The maximum Gasteiger partial charge on any atom is 0.423 e. The summed E-state index contributed by atoms with van der Waals surface area (Å²) in [7, 11) is 0. The molecule has 1 unspecified atom stereocenters. The summed E-state index contributed by atoms with van der Waals surface area (Å²) < 4.78 is 5.04. The molecular formula is C15H17NO4. The second kappa shape index (κ2) is 5.86. The number of amides is 3. The Hall–Kier alpha value is -2.17. The molecule has 1 saturated heterocycles. The number of carbonyl (C=O) groups is 3. The summed E-state index contributed by atoms with van der Waals surface area (Å²) in [4.78, 5) is 36.4. The van der Waals surface area contributed by atoms with Gasteiger partial charge in [0.05, 0.1) is 0 Å². The Kier molecular flexibility index (Phi) is 4.17. The van der Waals surface area contributed by atoms with E-state index in [9.17, 15) is 14.4 Å². The van der Waals surface area contributed by atoms with Crippen LogP contribution < -0.4 is 0 Å². The Bertz CT molecular complexity index is 526. The van der Waals surface area contributed by atoms with Crippen molar-refractivity contribution in [1.29, 1.82) is 0 Å². The molecule has 106 valence electrons. The van der Waals surface area contributed by atoms with Crippen molar-refractivity contribution in [2.45, 2.75) is 26.9 Å². The molecule has 5 heteroatoms. The largest absolute Gasteiger partial charge is 0.444 e. The zero-order chi connectivity index (χ0) is 14.7. The van der Waals surface area contributed by atoms with Crippen LogP contribution in [0.15, 0.2) is 30.3 Å². The van der Waals surface area contributed by atoms with Gasteiger partial charge >= 0.3 is 6.09 Å². The number of piperidine rings is 1. The van der Waals surface area contributed by atoms with Crippen molar-refractivity contribution >= 4 is 17.9 Å². The van der Waals surface area contributed by atoms with Crippen LogP contribution >= 0.6 is 0 Å². The molecule has 0 saturated carbocycles. The van der Waals surface area contributed by atoms with Crippen molar-refractivity contribution in [2.75, 3.05) is 0 Å². The summed E-state index contributed by atoms with van der Waals surface area (Å²) >= 11 is 0. The Morgan fingerprint density at radius 2 is 1.90 bits per heavy atom. The van der Waals surface area contributed by atoms with E-state index in [4.69, 9.17) is 4.74 Å². The van der Waals surface area contributed by atoms with Gasteiger partial charge in [0.1, 0.15) is 6.61 Å². The van der Waals surface area contributed by atoms with Crippen LogP contribution in [0.5, 0.6) is 0 Å². The first-order valence-corrected chi connectivity index (χ1v) is 6.58. The molecule has 3 amide bonds. The fourth-order valence-electron chi connectivity index (χ4n) is 2.09. The standard InChI is InChI=1S/C15H17NO4/c1-10-8-13(17)16(14(18)11(10)2)15(19)20-9-12-6-4-3-5-7-12/h3-7,10-11H,8-9H2,1-2H3/t10?,11-/m1/s1. The fourth-order valence-corrected chi connectivity index (χ4v) is 2.09. The quantitative estimate of drug-likeness (QED) is 0.777. The highest BCUT2D eigenvalue weighted by Crippen LogP contribution is 2.25. The van der Waals surface area contributed by atoms with E-state index >= 15 is 0 Å². The number of ether oxygens (including phenoxy) is 1. The Morgan fingerprint density at radius 3 is 2.55 bits per heavy atom. The fraction of sp³-hybridized carbons (Fsp3) is 0.400. The maximum absolute atomic E-state index is 12.0. The second-order valence-corrected chi connectivity index (χ2v) is 5.08. The molecule has 1 aliphatic heterocycles. The molecule has 2 rings (SSSR count). The number of carbonyl (C=O) groups excluding carboxylic acids is 3. The van der Waals surface area contributed by atoms with Crippen LogP contribution in [-0.4, -0.2) is 22.8 Å². The van der Waals surface area contributed by atoms with Crippen LogP contribution in [0, 0.1) is 11.8 Å². The van der Waals surface area contributed by atoms with Crippen molar-refractivity contribution in [3.8, 4) is 0 Å². The minimum Gasteiger partial charge on any atom is -0.444 e. The number of hydrogen-bond acceptors (Lipinski definition) is 4. The van der Waals surface area contributed by atoms with Crippen molar-refractivity contribution in [1.82, 2.24) is 4.90 Å². The lowest BCUT2D eigenvalue weighted by molar-refractivity contribution is -0.151. The van der Waals surface area contributed by atoms with Crippen LogP contribution in [0.1, 0.15) is 25.8 Å². The SMILES string of the molecule is CC1CC(=O)N(C(=O)OCc2ccccc2)C(=O)[C@@H]1C. The van der Waals surface area contributed by atoms with Crippen molar-refractivity contribution in [3.63, 3.8) is 0 Å². The predicted molar refractivity (Wildman–Crippen MR) is 71.4 cm³/mol. The lowest BCUT2D eigenvalue weighted by atomic mass is 9.87. The van der Waals surface area contributed by atoms with Crippen LogP contribution in [0.4, 0.5) is 4.79 Å². The second-order valence-electron chi connectivity index (χ2n) is 5.08. The van der Waals surface area contributed by atoms with E-state index in [1.54, 1.807) is 19.1 Å². The summed E-state index contributed by atoms with van der Waals surface area (Å²) in [5.41, 5.74) is 0.805. The molecular weight excluding hydrogens is 258 g/mol. The maximum atomic E-state index is 12.0. The first-order valence-electron chi connectivity index (χ1n) is 6.58. The van der Waals surface area contributed by atoms with E-state index in [0.717, 1.165) is 5.56 Å². The molecule has 0 radical (unpaired) electrons. The molecule has 0 aliphatic carbocycles. The minimum absolute atomic E-state index is 0.0423. The lowest BCUT2D eigenvalue weighted by Gasteiger charge is -2.30. The molecule has 2 atom stereocenters. The topological polar surface area (TPSA) is 63.7 Å². The predicted octanol–water partition coefficient (Wildman–Crippen LogP) is 2.35. The number of benzene rings is 1. The minimum atomic E-state index is -0.886. The van der Waals surface area contributed by atoms with Gasteiger partial charge in [-0.1, -0.05) is 44.2 Å². The van der Waals surface area contributed by atoms with E-state index in [-0.39, 0.29) is 24.9 Å². The third-order valence-electron chi connectivity index (χ3n) is 3.60. The van der Waals surface area contributed by atoms with E-state index < -0.39 is 17.9 Å². The van der Waals surface area contributed by atoms with Gasteiger partial charge in [-0.05, 0) is 11.5 Å². The summed E-state index contributed by atoms with van der Waals surface area (Å²) in [5, 5.41) is 0. The smallest absolute Gasteiger partial charge is 0.423 e. The zero-order valence-corrected chi connectivity index (χ0v) is 11.5. The Balaban J connectivity index is 2.01. The number of nitrogens with zero attached hydrogens (tertiary/aromatic N) is 1. The summed E-state index contributed by atoms with van der Waals surface area (Å²) in [5.74, 6) is -1.37. The first-order chi connectivity index (χ1) is 9.50. The first kappa shape index (κ1) is 14.2. The van der Waals surface area contributed by atoms with E-state index in [1.165, 1.54) is 0 Å². The van der Waals surface area contributed by atoms with E-state index in [1.807, 2.05) is 25.1 Å². The Morgan fingerprint density at radius 1 is 1.25 bits per heavy atom. The highest BCUT2D eigenvalue weighted by Gasteiger charge is 2.41. The van der Waals surface area contributed by atoms with Gasteiger partial charge in [-0.25, -0.2) is 4.79 Å². The summed E-state index contributed by atoms with van der Waals surface area (Å²) in [6.07, 6.45) is -0.699. The van der Waals surface area contributed by atoms with Gasteiger partial charge in [-0.15, -0.1) is 0 Å². The number of rotatable bonds is 2. The molecule has 0 aromatic heterocycles. The average molecular weight is 275 g/mol. The molecule has 0 spiro atoms. The average Bonchev–Trinajstić information content (AvgIpc) is 2.44. The molecule has 0 bridgehead atoms. The third kappa shape index (κ3) is 2.87. The molecule has 1 aromatic rings. The zero-order valence-electron chi connectivity index (χ0n) is 11.5. The van der Waals surface area contributed by atoms with Gasteiger partial charge < -0.3 is 4.74 Å². The van der Waals surface area contributed by atoms with Crippen molar-refractivity contribution in [2.24, 2.45) is 11.8 Å². The van der Waals surface area contributed by atoms with Crippen LogP contribution in [0.2, 0.25) is 0 Å². The van der Waals surface area contributed by atoms with Gasteiger partial charge in [-0.2, -0.15) is 4.90 Å². The number of hydrogen-bond donors (Lipinski definition) is 0. The molecule has 1 fully saturated rings. The van der Waals surface area contributed by atoms with Crippen LogP contribution in [0.3, 0.4) is 0 Å². The van der Waals surface area contributed by atoms with Gasteiger partial charge in [0, 0.05) is 12.3 Å². The van der Waals surface area contributed by atoms with Gasteiger partial charge in [0.2, 0.25) is 11.8 Å². The van der Waals surface area contributed by atoms with Gasteiger partial charge in [0.15, 0.2) is 0 Å². The molecule has 20 heavy (non-hydrogen) atoms.